The fourth-order valence-corrected chi connectivity index (χ4v) is 3.17. The van der Waals surface area contributed by atoms with Gasteiger partial charge in [0.1, 0.15) is 12.7 Å². The Morgan fingerprint density at radius 1 is 1.21 bits per heavy atom. The number of methoxy groups -OCH3 is 1. The Bertz CT molecular complexity index is 513. The van der Waals surface area contributed by atoms with E-state index in [9.17, 15) is 5.11 Å². The lowest BCUT2D eigenvalue weighted by atomic mass is 10.1. The first-order chi connectivity index (χ1) is 11.7. The van der Waals surface area contributed by atoms with E-state index < -0.39 is 6.10 Å². The van der Waals surface area contributed by atoms with Gasteiger partial charge in [-0.05, 0) is 56.5 Å². The molecule has 1 aromatic carbocycles. The molecule has 2 aliphatic rings. The zero-order valence-corrected chi connectivity index (χ0v) is 14.7. The van der Waals surface area contributed by atoms with Crippen molar-refractivity contribution >= 4 is 0 Å². The number of β-amino-alcohol motifs (C(OH)–C–C–N with tert-alkyl or cyclic N) is 1. The van der Waals surface area contributed by atoms with Gasteiger partial charge in [-0.3, -0.25) is 0 Å². The molecule has 2 N–H and O–H groups in total. The molecule has 0 amide bonds. The van der Waals surface area contributed by atoms with E-state index in [2.05, 4.69) is 16.3 Å². The third kappa shape index (κ3) is 5.36. The maximum Gasteiger partial charge on any atom is 0.161 e. The van der Waals surface area contributed by atoms with Crippen LogP contribution < -0.4 is 14.8 Å². The van der Waals surface area contributed by atoms with E-state index in [4.69, 9.17) is 9.47 Å². The molecule has 1 unspecified atom stereocenters. The molecule has 2 fully saturated rings. The largest absolute Gasteiger partial charge is 0.493 e. The Balaban J connectivity index is 1.50. The van der Waals surface area contributed by atoms with Gasteiger partial charge in [-0.15, -0.1) is 0 Å². The van der Waals surface area contributed by atoms with Crippen molar-refractivity contribution in [2.45, 2.75) is 50.8 Å². The fraction of sp³-hybridized carbons (Fsp3) is 0.684. The molecule has 5 heteroatoms. The number of nitrogens with zero attached hydrogens (tertiary/aromatic N) is 1. The van der Waals surface area contributed by atoms with Crippen LogP contribution in [0.1, 0.15) is 37.7 Å². The monoisotopic (exact) mass is 334 g/mol. The molecule has 0 bridgehead atoms. The Morgan fingerprint density at radius 2 is 2.00 bits per heavy atom. The van der Waals surface area contributed by atoms with Crippen LogP contribution in [-0.2, 0) is 6.54 Å². The van der Waals surface area contributed by atoms with Crippen LogP contribution in [0.25, 0.3) is 0 Å². The van der Waals surface area contributed by atoms with Crippen molar-refractivity contribution in [2.75, 3.05) is 33.4 Å². The van der Waals surface area contributed by atoms with E-state index in [1.807, 2.05) is 12.1 Å². The summed E-state index contributed by atoms with van der Waals surface area (Å²) in [5, 5.41) is 13.8. The van der Waals surface area contributed by atoms with E-state index >= 15 is 0 Å². The lowest BCUT2D eigenvalue weighted by molar-refractivity contribution is 0.0608. The van der Waals surface area contributed by atoms with Gasteiger partial charge >= 0.3 is 0 Å². The lowest BCUT2D eigenvalue weighted by Crippen LogP contribution is -2.38. The van der Waals surface area contributed by atoms with E-state index in [0.29, 0.717) is 24.9 Å². The van der Waals surface area contributed by atoms with Crippen molar-refractivity contribution in [1.29, 1.82) is 0 Å². The Kier molecular flexibility index (Phi) is 6.35. The number of hydrogen-bond acceptors (Lipinski definition) is 5. The number of aliphatic hydroxyl groups is 1. The van der Waals surface area contributed by atoms with Gasteiger partial charge < -0.3 is 24.8 Å². The topological polar surface area (TPSA) is 54.0 Å². The summed E-state index contributed by atoms with van der Waals surface area (Å²) in [4.78, 5) is 2.32. The van der Waals surface area contributed by atoms with Crippen molar-refractivity contribution in [2.24, 2.45) is 0 Å². The summed E-state index contributed by atoms with van der Waals surface area (Å²) in [6, 6.07) is 6.70. The maximum absolute atomic E-state index is 10.3. The molecular weight excluding hydrogens is 304 g/mol. The van der Waals surface area contributed by atoms with E-state index in [0.717, 1.165) is 25.4 Å². The highest BCUT2D eigenvalue weighted by molar-refractivity contribution is 5.43. The van der Waals surface area contributed by atoms with Crippen LogP contribution >= 0.6 is 0 Å². The highest BCUT2D eigenvalue weighted by Crippen LogP contribution is 2.29. The van der Waals surface area contributed by atoms with Crippen LogP contribution in [0.15, 0.2) is 18.2 Å². The summed E-state index contributed by atoms with van der Waals surface area (Å²) in [5.41, 5.74) is 1.18. The van der Waals surface area contributed by atoms with Crippen molar-refractivity contribution in [1.82, 2.24) is 10.2 Å². The maximum atomic E-state index is 10.3. The van der Waals surface area contributed by atoms with Crippen LogP contribution in [-0.4, -0.2) is 55.5 Å². The summed E-state index contributed by atoms with van der Waals surface area (Å²) in [6.45, 7) is 4.00. The van der Waals surface area contributed by atoms with Crippen molar-refractivity contribution in [3.8, 4) is 11.5 Å². The molecule has 5 nitrogen and oxygen atoms in total. The van der Waals surface area contributed by atoms with Crippen LogP contribution in [0.5, 0.6) is 11.5 Å². The van der Waals surface area contributed by atoms with Crippen molar-refractivity contribution in [3.05, 3.63) is 23.8 Å². The number of aliphatic hydroxyl groups excluding tert-OH is 1. The second-order valence-electron chi connectivity index (χ2n) is 6.97. The first-order valence-electron chi connectivity index (χ1n) is 9.18. The van der Waals surface area contributed by atoms with Gasteiger partial charge in [0.2, 0.25) is 0 Å². The molecule has 134 valence electrons. The first-order valence-corrected chi connectivity index (χ1v) is 9.18. The minimum atomic E-state index is -0.471. The summed E-state index contributed by atoms with van der Waals surface area (Å²) >= 11 is 0. The zero-order valence-electron chi connectivity index (χ0n) is 14.7. The van der Waals surface area contributed by atoms with Gasteiger partial charge in [0, 0.05) is 19.1 Å². The summed E-state index contributed by atoms with van der Waals surface area (Å²) in [5.74, 6) is 1.43. The summed E-state index contributed by atoms with van der Waals surface area (Å²) in [7, 11) is 1.65. The van der Waals surface area contributed by atoms with Gasteiger partial charge in [0.05, 0.1) is 7.11 Å². The average molecular weight is 334 g/mol. The average Bonchev–Trinajstić information content (AvgIpc) is 3.43. The van der Waals surface area contributed by atoms with E-state index in [1.54, 1.807) is 7.11 Å². The Labute approximate surface area is 144 Å². The summed E-state index contributed by atoms with van der Waals surface area (Å²) in [6.07, 6.45) is 5.86. The van der Waals surface area contributed by atoms with E-state index in [1.165, 1.54) is 37.7 Å². The molecule has 0 radical (unpaired) electrons. The molecule has 1 saturated heterocycles. The van der Waals surface area contributed by atoms with Crippen LogP contribution in [0.4, 0.5) is 0 Å². The molecule has 1 saturated carbocycles. The second kappa shape index (κ2) is 8.70. The van der Waals surface area contributed by atoms with Crippen LogP contribution in [0.3, 0.4) is 0 Å². The molecule has 1 aliphatic heterocycles. The van der Waals surface area contributed by atoms with Crippen molar-refractivity contribution < 1.29 is 14.6 Å². The fourth-order valence-electron chi connectivity index (χ4n) is 3.17. The molecular formula is C19H30N2O3. The SMILES string of the molecule is COc1ccc(CNC2CC2)cc1OCC(O)CN1CCCCC1. The minimum absolute atomic E-state index is 0.298. The molecule has 1 aliphatic carbocycles. The smallest absolute Gasteiger partial charge is 0.161 e. The highest BCUT2D eigenvalue weighted by Gasteiger charge is 2.20. The molecule has 0 aromatic heterocycles. The predicted molar refractivity (Wildman–Crippen MR) is 94.6 cm³/mol. The molecule has 1 aromatic rings. The van der Waals surface area contributed by atoms with Gasteiger partial charge in [-0.1, -0.05) is 12.5 Å². The van der Waals surface area contributed by atoms with E-state index in [-0.39, 0.29) is 0 Å². The number of hydrogen-bond donors (Lipinski definition) is 2. The molecule has 3 rings (SSSR count). The molecule has 24 heavy (non-hydrogen) atoms. The normalized spacial score (nSPS) is 19.9. The quantitative estimate of drug-likeness (QED) is 0.725. The standard InChI is InChI=1S/C19H30N2O3/c1-23-18-8-5-15(12-20-16-6-7-16)11-19(18)24-14-17(22)13-21-9-3-2-4-10-21/h5,8,11,16-17,20,22H,2-4,6-7,9-10,12-14H2,1H3. The molecule has 1 atom stereocenters. The van der Waals surface area contributed by atoms with Gasteiger partial charge in [-0.2, -0.15) is 0 Å². The second-order valence-corrected chi connectivity index (χ2v) is 6.97. The van der Waals surface area contributed by atoms with Gasteiger partial charge in [-0.25, -0.2) is 0 Å². The Hall–Kier alpha value is -1.30. The van der Waals surface area contributed by atoms with Gasteiger partial charge in [0.15, 0.2) is 11.5 Å². The van der Waals surface area contributed by atoms with Crippen LogP contribution in [0, 0.1) is 0 Å². The number of piperidine rings is 1. The number of nitrogens with one attached hydrogen (secondary N) is 1. The third-order valence-corrected chi connectivity index (χ3v) is 4.75. The number of rotatable bonds is 9. The number of ether oxygens (including phenoxy) is 2. The van der Waals surface area contributed by atoms with Crippen molar-refractivity contribution in [3.63, 3.8) is 0 Å². The molecule has 1 heterocycles. The number of likely N-dealkylation sites (tertiary alicyclic amines) is 1. The first kappa shape index (κ1) is 17.5. The molecule has 0 spiro atoms. The number of benzene rings is 1. The Morgan fingerprint density at radius 3 is 2.71 bits per heavy atom. The zero-order chi connectivity index (χ0) is 16.8. The van der Waals surface area contributed by atoms with Gasteiger partial charge in [0.25, 0.3) is 0 Å². The van der Waals surface area contributed by atoms with Crippen LogP contribution in [0.2, 0.25) is 0 Å². The third-order valence-electron chi connectivity index (χ3n) is 4.75. The predicted octanol–water partition coefficient (Wildman–Crippen LogP) is 2.17. The summed E-state index contributed by atoms with van der Waals surface area (Å²) < 4.78 is 11.2. The minimum Gasteiger partial charge on any atom is -0.493 e. The lowest BCUT2D eigenvalue weighted by Gasteiger charge is -2.28. The highest BCUT2D eigenvalue weighted by atomic mass is 16.5.